The van der Waals surface area contributed by atoms with Crippen LogP contribution < -0.4 is 11.1 Å². The highest BCUT2D eigenvalue weighted by atomic mass is 16.2. The molecule has 3 heteroatoms. The molecule has 0 aliphatic rings. The summed E-state index contributed by atoms with van der Waals surface area (Å²) in [5.41, 5.74) is 7.22. The number of rotatable bonds is 4. The Morgan fingerprint density at radius 3 is 2.05 bits per heavy atom. The van der Waals surface area contributed by atoms with Gasteiger partial charge in [-0.3, -0.25) is 4.79 Å². The van der Waals surface area contributed by atoms with Gasteiger partial charge in [0.25, 0.3) is 0 Å². The van der Waals surface area contributed by atoms with Crippen LogP contribution in [0.25, 0.3) is 0 Å². The number of amides is 1. The van der Waals surface area contributed by atoms with E-state index in [9.17, 15) is 4.79 Å². The van der Waals surface area contributed by atoms with E-state index in [4.69, 9.17) is 5.73 Å². The van der Waals surface area contributed by atoms with Crippen molar-refractivity contribution in [3.05, 3.63) is 35.4 Å². The molecule has 0 unspecified atom stereocenters. The Balaban J connectivity index is 2.80. The second kappa shape index (κ2) is 5.33. The first kappa shape index (κ1) is 15.7. The van der Waals surface area contributed by atoms with Crippen molar-refractivity contribution in [2.75, 3.05) is 0 Å². The SMILES string of the molecule is Cc1ccc([C@H](C)NC(=O)C(C)(C)C(C)(C)N)cc1. The van der Waals surface area contributed by atoms with Crippen LogP contribution in [0.15, 0.2) is 24.3 Å². The second-order valence-electron chi connectivity index (χ2n) is 6.45. The quantitative estimate of drug-likeness (QED) is 0.876. The molecule has 1 aromatic carbocycles. The van der Waals surface area contributed by atoms with Crippen LogP contribution in [0.1, 0.15) is 51.8 Å². The summed E-state index contributed by atoms with van der Waals surface area (Å²) in [5, 5.41) is 3.04. The highest BCUT2D eigenvalue weighted by molar-refractivity contribution is 5.83. The van der Waals surface area contributed by atoms with Gasteiger partial charge in [0.2, 0.25) is 5.91 Å². The summed E-state index contributed by atoms with van der Waals surface area (Å²) < 4.78 is 0. The molecule has 0 radical (unpaired) electrons. The van der Waals surface area contributed by atoms with Crippen molar-refractivity contribution in [1.82, 2.24) is 5.32 Å². The predicted molar refractivity (Wildman–Crippen MR) is 79.8 cm³/mol. The molecule has 19 heavy (non-hydrogen) atoms. The van der Waals surface area contributed by atoms with Crippen LogP contribution in [-0.2, 0) is 4.79 Å². The van der Waals surface area contributed by atoms with Crippen LogP contribution in [0.2, 0.25) is 0 Å². The molecule has 1 atom stereocenters. The first-order chi connectivity index (χ1) is 8.55. The first-order valence-corrected chi connectivity index (χ1v) is 6.72. The van der Waals surface area contributed by atoms with Crippen molar-refractivity contribution in [2.45, 2.75) is 53.1 Å². The lowest BCUT2D eigenvalue weighted by Crippen LogP contribution is -2.55. The predicted octanol–water partition coefficient (Wildman–Crippen LogP) is 2.94. The number of nitrogens with two attached hydrogens (primary N) is 1. The Morgan fingerprint density at radius 2 is 1.63 bits per heavy atom. The smallest absolute Gasteiger partial charge is 0.227 e. The zero-order valence-corrected chi connectivity index (χ0v) is 12.9. The number of nitrogens with one attached hydrogen (secondary N) is 1. The van der Waals surface area contributed by atoms with E-state index >= 15 is 0 Å². The summed E-state index contributed by atoms with van der Waals surface area (Å²) in [6, 6.07) is 8.17. The van der Waals surface area contributed by atoms with Crippen molar-refractivity contribution in [3.63, 3.8) is 0 Å². The maximum Gasteiger partial charge on any atom is 0.227 e. The van der Waals surface area contributed by atoms with Gasteiger partial charge in [-0.2, -0.15) is 0 Å². The fourth-order valence-electron chi connectivity index (χ4n) is 1.61. The van der Waals surface area contributed by atoms with Gasteiger partial charge < -0.3 is 11.1 Å². The molecular weight excluding hydrogens is 236 g/mol. The minimum Gasteiger partial charge on any atom is -0.349 e. The molecule has 0 saturated carbocycles. The third-order valence-corrected chi connectivity index (χ3v) is 4.10. The number of carbonyl (C=O) groups excluding carboxylic acids is 1. The summed E-state index contributed by atoms with van der Waals surface area (Å²) in [7, 11) is 0. The van der Waals surface area contributed by atoms with Crippen LogP contribution >= 0.6 is 0 Å². The third kappa shape index (κ3) is 3.57. The molecule has 0 aliphatic carbocycles. The van der Waals surface area contributed by atoms with Crippen LogP contribution in [0, 0.1) is 12.3 Å². The van der Waals surface area contributed by atoms with Crippen molar-refractivity contribution < 1.29 is 4.79 Å². The number of aryl methyl sites for hydroxylation is 1. The van der Waals surface area contributed by atoms with Gasteiger partial charge in [0.05, 0.1) is 11.5 Å². The van der Waals surface area contributed by atoms with Gasteiger partial charge in [-0.25, -0.2) is 0 Å². The monoisotopic (exact) mass is 262 g/mol. The molecule has 0 fully saturated rings. The molecule has 0 saturated heterocycles. The zero-order chi connectivity index (χ0) is 14.8. The number of hydrogen-bond donors (Lipinski definition) is 2. The second-order valence-corrected chi connectivity index (χ2v) is 6.45. The van der Waals surface area contributed by atoms with E-state index in [2.05, 4.69) is 17.4 Å². The van der Waals surface area contributed by atoms with Gasteiger partial charge in [-0.1, -0.05) is 29.8 Å². The van der Waals surface area contributed by atoms with Crippen molar-refractivity contribution >= 4 is 5.91 Å². The number of carbonyl (C=O) groups is 1. The maximum absolute atomic E-state index is 12.4. The molecule has 0 bridgehead atoms. The zero-order valence-electron chi connectivity index (χ0n) is 12.9. The summed E-state index contributed by atoms with van der Waals surface area (Å²) in [4.78, 5) is 12.4. The molecule has 0 heterocycles. The third-order valence-electron chi connectivity index (χ3n) is 4.10. The van der Waals surface area contributed by atoms with Crippen LogP contribution in [0.5, 0.6) is 0 Å². The Morgan fingerprint density at radius 1 is 1.16 bits per heavy atom. The Hall–Kier alpha value is -1.35. The van der Waals surface area contributed by atoms with Crippen molar-refractivity contribution in [3.8, 4) is 0 Å². The average Bonchev–Trinajstić information content (AvgIpc) is 2.28. The van der Waals surface area contributed by atoms with E-state index in [1.165, 1.54) is 5.56 Å². The first-order valence-electron chi connectivity index (χ1n) is 6.72. The molecule has 0 aromatic heterocycles. The van der Waals surface area contributed by atoms with Crippen LogP contribution in [-0.4, -0.2) is 11.4 Å². The van der Waals surface area contributed by atoms with Gasteiger partial charge >= 0.3 is 0 Å². The summed E-state index contributed by atoms with van der Waals surface area (Å²) in [5.74, 6) is -0.0203. The Bertz CT molecular complexity index is 441. The van der Waals surface area contributed by atoms with Crippen LogP contribution in [0.3, 0.4) is 0 Å². The highest BCUT2D eigenvalue weighted by Gasteiger charge is 2.40. The normalized spacial score (nSPS) is 14.1. The molecule has 0 aliphatic heterocycles. The van der Waals surface area contributed by atoms with Crippen molar-refractivity contribution in [2.24, 2.45) is 11.1 Å². The van der Waals surface area contributed by atoms with Gasteiger partial charge in [0.1, 0.15) is 0 Å². The fraction of sp³-hybridized carbons (Fsp3) is 0.562. The molecule has 0 spiro atoms. The number of benzene rings is 1. The Labute approximate surface area is 116 Å². The molecule has 1 aromatic rings. The maximum atomic E-state index is 12.4. The van der Waals surface area contributed by atoms with Crippen LogP contribution in [0.4, 0.5) is 0 Å². The molecule has 3 nitrogen and oxygen atoms in total. The fourth-order valence-corrected chi connectivity index (χ4v) is 1.61. The van der Waals surface area contributed by atoms with Gasteiger partial charge in [0, 0.05) is 5.54 Å². The lowest BCUT2D eigenvalue weighted by molar-refractivity contribution is -0.132. The number of hydrogen-bond acceptors (Lipinski definition) is 2. The van der Waals surface area contributed by atoms with E-state index in [0.717, 1.165) is 5.56 Å². The topological polar surface area (TPSA) is 55.1 Å². The minimum atomic E-state index is -0.619. The molecule has 1 rings (SSSR count). The average molecular weight is 262 g/mol. The minimum absolute atomic E-state index is 0.0188. The largest absolute Gasteiger partial charge is 0.349 e. The lowest BCUT2D eigenvalue weighted by Gasteiger charge is -2.37. The molecule has 1 amide bonds. The van der Waals surface area contributed by atoms with E-state index in [1.54, 1.807) is 0 Å². The van der Waals surface area contributed by atoms with E-state index < -0.39 is 11.0 Å². The summed E-state index contributed by atoms with van der Waals surface area (Å²) in [6.45, 7) is 11.6. The van der Waals surface area contributed by atoms with E-state index in [0.29, 0.717) is 0 Å². The summed E-state index contributed by atoms with van der Waals surface area (Å²) in [6.07, 6.45) is 0. The standard InChI is InChI=1S/C16H26N2O/c1-11-7-9-13(10-8-11)12(2)18-14(19)15(3,4)16(5,6)17/h7-10,12H,17H2,1-6H3,(H,18,19)/t12-/m0/s1. The molecule has 3 N–H and O–H groups in total. The van der Waals surface area contributed by atoms with Gasteiger partial charge in [0.15, 0.2) is 0 Å². The summed E-state index contributed by atoms with van der Waals surface area (Å²) >= 11 is 0. The van der Waals surface area contributed by atoms with E-state index in [-0.39, 0.29) is 11.9 Å². The van der Waals surface area contributed by atoms with Gasteiger partial charge in [-0.05, 0) is 47.1 Å². The van der Waals surface area contributed by atoms with Crippen molar-refractivity contribution in [1.29, 1.82) is 0 Å². The molecule has 106 valence electrons. The lowest BCUT2D eigenvalue weighted by atomic mass is 9.74. The van der Waals surface area contributed by atoms with Gasteiger partial charge in [-0.15, -0.1) is 0 Å². The van der Waals surface area contributed by atoms with E-state index in [1.807, 2.05) is 53.7 Å². The highest BCUT2D eigenvalue weighted by Crippen LogP contribution is 2.29. The molecular formula is C16H26N2O. The Kier molecular flexibility index (Phi) is 4.41.